The van der Waals surface area contributed by atoms with Crippen LogP contribution in [0.1, 0.15) is 111 Å². The van der Waals surface area contributed by atoms with Crippen LogP contribution in [-0.4, -0.2) is 34.0 Å². The first-order valence-electron chi connectivity index (χ1n) is 10.9. The minimum Gasteiger partial charge on any atom is -0.303 e. The monoisotopic (exact) mass is 393 g/mol. The van der Waals surface area contributed by atoms with Gasteiger partial charge >= 0.3 is 7.82 Å². The molecule has 158 valence electrons. The first-order chi connectivity index (χ1) is 12.4. The summed E-state index contributed by atoms with van der Waals surface area (Å²) in [6.07, 6.45) is 17.1. The van der Waals surface area contributed by atoms with E-state index in [2.05, 4.69) is 6.92 Å². The second-order valence-corrected chi connectivity index (χ2v) is 8.50. The molecule has 26 heavy (non-hydrogen) atoms. The molecule has 0 radical (unpaired) electrons. The number of unbranched alkanes of at least 4 members (excludes halogenated alkanes) is 12. The molecule has 1 unspecified atom stereocenters. The van der Waals surface area contributed by atoms with Gasteiger partial charge in [0.15, 0.2) is 0 Å². The summed E-state index contributed by atoms with van der Waals surface area (Å²) < 4.78 is 16.1. The zero-order valence-electron chi connectivity index (χ0n) is 17.5. The Morgan fingerprint density at radius 2 is 1.12 bits per heavy atom. The standard InChI is InChI=1S/C20H44NO4P/c1-4-7-8-9-10-11-12-13-14-15-16-17-18-19-20(21(5-2)6-3)25-26(22,23)24/h20H,4-19H2,1-3H3,(H2,22,23,24). The van der Waals surface area contributed by atoms with Crippen LogP contribution in [0.2, 0.25) is 0 Å². The van der Waals surface area contributed by atoms with E-state index in [0.29, 0.717) is 6.42 Å². The average Bonchev–Trinajstić information content (AvgIpc) is 2.58. The van der Waals surface area contributed by atoms with Crippen molar-refractivity contribution in [2.75, 3.05) is 13.1 Å². The summed E-state index contributed by atoms with van der Waals surface area (Å²) in [6, 6.07) is 0. The van der Waals surface area contributed by atoms with Crippen molar-refractivity contribution in [3.05, 3.63) is 0 Å². The van der Waals surface area contributed by atoms with Crippen LogP contribution in [0.4, 0.5) is 0 Å². The van der Waals surface area contributed by atoms with Crippen LogP contribution < -0.4 is 0 Å². The topological polar surface area (TPSA) is 70.0 Å². The van der Waals surface area contributed by atoms with Gasteiger partial charge in [-0.15, -0.1) is 0 Å². The second-order valence-electron chi connectivity index (χ2n) is 7.30. The highest BCUT2D eigenvalue weighted by Gasteiger charge is 2.25. The molecule has 0 aromatic carbocycles. The van der Waals surface area contributed by atoms with E-state index in [1.165, 1.54) is 70.6 Å². The number of phosphoric acid groups is 1. The summed E-state index contributed by atoms with van der Waals surface area (Å²) in [6.45, 7) is 7.71. The van der Waals surface area contributed by atoms with Crippen LogP contribution in [-0.2, 0) is 9.09 Å². The Labute approximate surface area is 162 Å². The van der Waals surface area contributed by atoms with Crippen LogP contribution in [0.25, 0.3) is 0 Å². The Kier molecular flexibility index (Phi) is 17.2. The maximum Gasteiger partial charge on any atom is 0.471 e. The van der Waals surface area contributed by atoms with Crippen molar-refractivity contribution in [2.24, 2.45) is 0 Å². The van der Waals surface area contributed by atoms with Gasteiger partial charge < -0.3 is 9.79 Å². The smallest absolute Gasteiger partial charge is 0.303 e. The maximum absolute atomic E-state index is 11.2. The molecular weight excluding hydrogens is 349 g/mol. The van der Waals surface area contributed by atoms with E-state index in [1.54, 1.807) is 0 Å². The first kappa shape index (κ1) is 26.1. The third kappa shape index (κ3) is 16.3. The molecule has 0 aliphatic heterocycles. The van der Waals surface area contributed by atoms with Crippen LogP contribution >= 0.6 is 7.82 Å². The van der Waals surface area contributed by atoms with Crippen LogP contribution in [0.3, 0.4) is 0 Å². The first-order valence-corrected chi connectivity index (χ1v) is 12.5. The van der Waals surface area contributed by atoms with Gasteiger partial charge in [0.2, 0.25) is 0 Å². The molecule has 0 spiro atoms. The van der Waals surface area contributed by atoms with Gasteiger partial charge in [0.1, 0.15) is 6.23 Å². The fourth-order valence-corrected chi connectivity index (χ4v) is 3.98. The summed E-state index contributed by atoms with van der Waals surface area (Å²) in [5.74, 6) is 0. The normalized spacial score (nSPS) is 13.5. The van der Waals surface area contributed by atoms with Gasteiger partial charge in [-0.25, -0.2) is 4.57 Å². The predicted molar refractivity (Wildman–Crippen MR) is 110 cm³/mol. The zero-order chi connectivity index (χ0) is 19.7. The molecule has 0 saturated carbocycles. The third-order valence-electron chi connectivity index (χ3n) is 5.03. The Hall–Kier alpha value is 0.0700. The molecule has 1 atom stereocenters. The second kappa shape index (κ2) is 17.2. The molecule has 0 amide bonds. The summed E-state index contributed by atoms with van der Waals surface area (Å²) in [5.41, 5.74) is 0. The van der Waals surface area contributed by atoms with Crippen molar-refractivity contribution in [3.63, 3.8) is 0 Å². The van der Waals surface area contributed by atoms with Gasteiger partial charge in [0.05, 0.1) is 0 Å². The molecule has 0 bridgehead atoms. The molecule has 0 aromatic rings. The van der Waals surface area contributed by atoms with E-state index >= 15 is 0 Å². The van der Waals surface area contributed by atoms with E-state index in [0.717, 1.165) is 25.9 Å². The molecular formula is C20H44NO4P. The lowest BCUT2D eigenvalue weighted by Gasteiger charge is -2.29. The number of hydrogen-bond acceptors (Lipinski definition) is 3. The Balaban J connectivity index is 3.65. The highest BCUT2D eigenvalue weighted by molar-refractivity contribution is 7.46. The number of rotatable bonds is 19. The highest BCUT2D eigenvalue weighted by Crippen LogP contribution is 2.39. The van der Waals surface area contributed by atoms with Crippen molar-refractivity contribution in [2.45, 2.75) is 117 Å². The van der Waals surface area contributed by atoms with Crippen LogP contribution in [0.15, 0.2) is 0 Å². The van der Waals surface area contributed by atoms with Crippen molar-refractivity contribution in [3.8, 4) is 0 Å². The molecule has 0 heterocycles. The van der Waals surface area contributed by atoms with E-state index < -0.39 is 14.1 Å². The predicted octanol–water partition coefficient (Wildman–Crippen LogP) is 6.24. The van der Waals surface area contributed by atoms with Crippen LogP contribution in [0, 0.1) is 0 Å². The zero-order valence-corrected chi connectivity index (χ0v) is 18.4. The Bertz CT molecular complexity index is 345. The average molecular weight is 394 g/mol. The molecule has 2 N–H and O–H groups in total. The molecule has 0 rings (SSSR count). The fourth-order valence-electron chi connectivity index (χ4n) is 3.43. The van der Waals surface area contributed by atoms with E-state index in [-0.39, 0.29) is 0 Å². The quantitative estimate of drug-likeness (QED) is 0.154. The maximum atomic E-state index is 11.2. The van der Waals surface area contributed by atoms with E-state index in [4.69, 9.17) is 14.3 Å². The lowest BCUT2D eigenvalue weighted by atomic mass is 10.0. The minimum atomic E-state index is -4.43. The van der Waals surface area contributed by atoms with Crippen molar-refractivity contribution in [1.82, 2.24) is 4.90 Å². The Morgan fingerprint density at radius 1 is 0.731 bits per heavy atom. The van der Waals surface area contributed by atoms with Crippen molar-refractivity contribution >= 4 is 7.82 Å². The summed E-state index contributed by atoms with van der Waals surface area (Å²) >= 11 is 0. The summed E-state index contributed by atoms with van der Waals surface area (Å²) in [7, 11) is -4.43. The van der Waals surface area contributed by atoms with Gasteiger partial charge in [-0.1, -0.05) is 97.8 Å². The SMILES string of the molecule is CCCCCCCCCCCCCCCC(OP(=O)(O)O)N(CC)CC. The highest BCUT2D eigenvalue weighted by atomic mass is 31.2. The molecule has 0 aliphatic carbocycles. The molecule has 0 aliphatic rings. The van der Waals surface area contributed by atoms with Gasteiger partial charge in [-0.05, 0) is 25.9 Å². The third-order valence-corrected chi connectivity index (χ3v) is 5.55. The summed E-state index contributed by atoms with van der Waals surface area (Å²) in [4.78, 5) is 20.2. The number of hydrogen-bond donors (Lipinski definition) is 2. The van der Waals surface area contributed by atoms with E-state index in [9.17, 15) is 4.57 Å². The van der Waals surface area contributed by atoms with Crippen molar-refractivity contribution in [1.29, 1.82) is 0 Å². The van der Waals surface area contributed by atoms with Crippen molar-refractivity contribution < 1.29 is 18.9 Å². The lowest BCUT2D eigenvalue weighted by Crippen LogP contribution is -2.36. The molecule has 0 aromatic heterocycles. The van der Waals surface area contributed by atoms with Gasteiger partial charge in [-0.3, -0.25) is 9.42 Å². The molecule has 6 heteroatoms. The molecule has 0 fully saturated rings. The lowest BCUT2D eigenvalue weighted by molar-refractivity contribution is 0.00177. The Morgan fingerprint density at radius 3 is 1.46 bits per heavy atom. The van der Waals surface area contributed by atoms with Gasteiger partial charge in [0.25, 0.3) is 0 Å². The van der Waals surface area contributed by atoms with Crippen LogP contribution in [0.5, 0.6) is 0 Å². The largest absolute Gasteiger partial charge is 0.471 e. The van der Waals surface area contributed by atoms with Gasteiger partial charge in [0, 0.05) is 0 Å². The van der Waals surface area contributed by atoms with Gasteiger partial charge in [-0.2, -0.15) is 0 Å². The minimum absolute atomic E-state index is 0.474. The number of nitrogens with zero attached hydrogens (tertiary/aromatic N) is 1. The summed E-state index contributed by atoms with van der Waals surface area (Å²) in [5, 5.41) is 0. The molecule has 0 saturated heterocycles. The number of phosphoric ester groups is 1. The fraction of sp³-hybridized carbons (Fsp3) is 1.00. The molecule has 5 nitrogen and oxygen atoms in total. The van der Waals surface area contributed by atoms with E-state index in [1.807, 2.05) is 18.7 Å².